The lowest BCUT2D eigenvalue weighted by atomic mass is 10.1. The van der Waals surface area contributed by atoms with Crippen LogP contribution in [0.3, 0.4) is 0 Å². The summed E-state index contributed by atoms with van der Waals surface area (Å²) in [6.07, 6.45) is 2.24. The van der Waals surface area contributed by atoms with Crippen LogP contribution in [0.2, 0.25) is 0 Å². The van der Waals surface area contributed by atoms with Gasteiger partial charge in [-0.05, 0) is 44.9 Å². The first-order valence-electron chi connectivity index (χ1n) is 5.53. The summed E-state index contributed by atoms with van der Waals surface area (Å²) in [5.74, 6) is 0. The fourth-order valence-electron chi connectivity index (χ4n) is 2.32. The molecular weight excluding hydrogens is 186 g/mol. The third-order valence-corrected chi connectivity index (χ3v) is 3.43. The van der Waals surface area contributed by atoms with Crippen molar-refractivity contribution in [2.24, 2.45) is 0 Å². The van der Waals surface area contributed by atoms with E-state index in [-0.39, 0.29) is 0 Å². The van der Waals surface area contributed by atoms with E-state index in [4.69, 9.17) is 0 Å². The van der Waals surface area contributed by atoms with Crippen molar-refractivity contribution in [2.45, 2.75) is 38.5 Å². The van der Waals surface area contributed by atoms with Gasteiger partial charge in [-0.3, -0.25) is 4.90 Å². The molecule has 0 unspecified atom stereocenters. The van der Waals surface area contributed by atoms with Gasteiger partial charge in [-0.25, -0.2) is 0 Å². The highest BCUT2D eigenvalue weighted by atomic mass is 16.3. The Morgan fingerprint density at radius 3 is 2.67 bits per heavy atom. The van der Waals surface area contributed by atoms with Gasteiger partial charge in [0, 0.05) is 6.04 Å². The van der Waals surface area contributed by atoms with Crippen molar-refractivity contribution < 1.29 is 5.11 Å². The number of fused-ring (bicyclic) bond motifs is 1. The summed E-state index contributed by atoms with van der Waals surface area (Å²) in [5.41, 5.74) is 2.06. The molecule has 1 aromatic rings. The number of hydrogen-bond acceptors (Lipinski definition) is 2. The van der Waals surface area contributed by atoms with Crippen LogP contribution in [0.4, 0.5) is 0 Å². The average molecular weight is 205 g/mol. The second kappa shape index (κ2) is 3.62. The molecule has 2 rings (SSSR count). The van der Waals surface area contributed by atoms with E-state index in [1.54, 1.807) is 0 Å². The van der Waals surface area contributed by atoms with E-state index in [9.17, 15) is 5.11 Å². The first-order valence-corrected chi connectivity index (χ1v) is 5.53. The number of rotatable bonds is 2. The molecule has 1 aliphatic carbocycles. The lowest BCUT2D eigenvalue weighted by Crippen LogP contribution is -2.42. The molecule has 0 bridgehead atoms. The molecule has 0 radical (unpaired) electrons. The summed E-state index contributed by atoms with van der Waals surface area (Å²) in [6, 6.07) is 8.89. The number of aliphatic hydroxyl groups is 1. The van der Waals surface area contributed by atoms with Crippen LogP contribution >= 0.6 is 0 Å². The summed E-state index contributed by atoms with van der Waals surface area (Å²) < 4.78 is 0. The zero-order chi connectivity index (χ0) is 11.1. The van der Waals surface area contributed by atoms with Crippen LogP contribution in [0.5, 0.6) is 0 Å². The van der Waals surface area contributed by atoms with E-state index in [1.165, 1.54) is 11.1 Å². The van der Waals surface area contributed by atoms with Crippen LogP contribution in [0.1, 0.15) is 37.4 Å². The van der Waals surface area contributed by atoms with Crippen LogP contribution in [-0.2, 0) is 6.42 Å². The number of aryl methyl sites for hydroxylation is 1. The average Bonchev–Trinajstić information content (AvgIpc) is 2.58. The Morgan fingerprint density at radius 1 is 1.33 bits per heavy atom. The maximum absolute atomic E-state index is 10.00. The summed E-state index contributed by atoms with van der Waals surface area (Å²) in [5, 5.41) is 10.00. The molecule has 0 spiro atoms. The molecule has 2 heteroatoms. The van der Waals surface area contributed by atoms with Crippen molar-refractivity contribution in [3.05, 3.63) is 35.4 Å². The first kappa shape index (κ1) is 10.7. The third-order valence-electron chi connectivity index (χ3n) is 3.43. The molecule has 15 heavy (non-hydrogen) atoms. The molecule has 0 aromatic heterocycles. The predicted octanol–water partition coefficient (Wildman–Crippen LogP) is 2.33. The zero-order valence-corrected chi connectivity index (χ0v) is 9.70. The molecule has 0 aliphatic heterocycles. The molecule has 0 saturated heterocycles. The predicted molar refractivity (Wildman–Crippen MR) is 61.6 cm³/mol. The Bertz CT molecular complexity index is 354. The molecule has 1 N–H and O–H groups in total. The highest BCUT2D eigenvalue weighted by molar-refractivity contribution is 5.34. The maximum atomic E-state index is 10.00. The van der Waals surface area contributed by atoms with Crippen molar-refractivity contribution in [2.75, 3.05) is 7.05 Å². The van der Waals surface area contributed by atoms with Gasteiger partial charge >= 0.3 is 0 Å². The lowest BCUT2D eigenvalue weighted by molar-refractivity contribution is -0.0862. The molecule has 1 aliphatic rings. The smallest absolute Gasteiger partial charge is 0.113 e. The van der Waals surface area contributed by atoms with Gasteiger partial charge in [0.25, 0.3) is 0 Å². The molecule has 0 heterocycles. The normalized spacial score (nSPS) is 20.7. The minimum Gasteiger partial charge on any atom is -0.376 e. The van der Waals surface area contributed by atoms with E-state index in [1.807, 2.05) is 20.9 Å². The Hall–Kier alpha value is -0.860. The Kier molecular flexibility index (Phi) is 2.57. The summed E-state index contributed by atoms with van der Waals surface area (Å²) in [6.45, 7) is 3.68. The van der Waals surface area contributed by atoms with Crippen molar-refractivity contribution >= 4 is 0 Å². The molecule has 0 fully saturated rings. The molecule has 0 saturated carbocycles. The van der Waals surface area contributed by atoms with E-state index in [0.717, 1.165) is 12.8 Å². The molecular formula is C13H19NO. The SMILES string of the molecule is CN([C@@H]1CCc2ccccc21)C(C)(C)O. The fraction of sp³-hybridized carbons (Fsp3) is 0.538. The van der Waals surface area contributed by atoms with Gasteiger partial charge in [-0.1, -0.05) is 24.3 Å². The highest BCUT2D eigenvalue weighted by Gasteiger charge is 2.32. The molecule has 1 atom stereocenters. The van der Waals surface area contributed by atoms with Gasteiger partial charge in [-0.2, -0.15) is 0 Å². The second-order valence-electron chi connectivity index (χ2n) is 4.86. The van der Waals surface area contributed by atoms with Crippen molar-refractivity contribution in [3.63, 3.8) is 0 Å². The summed E-state index contributed by atoms with van der Waals surface area (Å²) in [7, 11) is 1.99. The minimum absolute atomic E-state index is 0.362. The first-order chi connectivity index (χ1) is 7.00. The van der Waals surface area contributed by atoms with Gasteiger partial charge < -0.3 is 5.11 Å². The summed E-state index contributed by atoms with van der Waals surface area (Å²) >= 11 is 0. The van der Waals surface area contributed by atoms with Gasteiger partial charge in [0.05, 0.1) is 0 Å². The summed E-state index contributed by atoms with van der Waals surface area (Å²) in [4.78, 5) is 2.05. The van der Waals surface area contributed by atoms with E-state index in [2.05, 4.69) is 29.2 Å². The third kappa shape index (κ3) is 1.92. The minimum atomic E-state index is -0.748. The van der Waals surface area contributed by atoms with E-state index >= 15 is 0 Å². The van der Waals surface area contributed by atoms with Crippen molar-refractivity contribution in [3.8, 4) is 0 Å². The van der Waals surface area contributed by atoms with Crippen LogP contribution < -0.4 is 0 Å². The van der Waals surface area contributed by atoms with Crippen LogP contribution in [0.15, 0.2) is 24.3 Å². The van der Waals surface area contributed by atoms with Crippen LogP contribution in [0.25, 0.3) is 0 Å². The quantitative estimate of drug-likeness (QED) is 0.749. The number of nitrogens with zero attached hydrogens (tertiary/aromatic N) is 1. The molecule has 82 valence electrons. The highest BCUT2D eigenvalue weighted by Crippen LogP contribution is 2.37. The zero-order valence-electron chi connectivity index (χ0n) is 9.70. The van der Waals surface area contributed by atoms with Crippen LogP contribution in [0, 0.1) is 0 Å². The number of benzene rings is 1. The fourth-order valence-corrected chi connectivity index (χ4v) is 2.32. The van der Waals surface area contributed by atoms with Gasteiger partial charge in [0.2, 0.25) is 0 Å². The van der Waals surface area contributed by atoms with Crippen LogP contribution in [-0.4, -0.2) is 22.8 Å². The molecule has 2 nitrogen and oxygen atoms in total. The second-order valence-corrected chi connectivity index (χ2v) is 4.86. The number of hydrogen-bond donors (Lipinski definition) is 1. The monoisotopic (exact) mass is 205 g/mol. The lowest BCUT2D eigenvalue weighted by Gasteiger charge is -2.35. The maximum Gasteiger partial charge on any atom is 0.113 e. The van der Waals surface area contributed by atoms with Gasteiger partial charge in [0.1, 0.15) is 5.72 Å². The molecule has 0 amide bonds. The van der Waals surface area contributed by atoms with E-state index < -0.39 is 5.72 Å². The van der Waals surface area contributed by atoms with Gasteiger partial charge in [-0.15, -0.1) is 0 Å². The standard InChI is InChI=1S/C13H19NO/c1-13(2,15)14(3)12-9-8-10-6-4-5-7-11(10)12/h4-7,12,15H,8-9H2,1-3H3/t12-/m1/s1. The van der Waals surface area contributed by atoms with Gasteiger partial charge in [0.15, 0.2) is 0 Å². The van der Waals surface area contributed by atoms with Crippen molar-refractivity contribution in [1.29, 1.82) is 0 Å². The topological polar surface area (TPSA) is 23.5 Å². The molecule has 1 aromatic carbocycles. The van der Waals surface area contributed by atoms with E-state index in [0.29, 0.717) is 6.04 Å². The Labute approximate surface area is 91.5 Å². The van der Waals surface area contributed by atoms with Crippen molar-refractivity contribution in [1.82, 2.24) is 4.90 Å². The largest absolute Gasteiger partial charge is 0.376 e. The Morgan fingerprint density at radius 2 is 2.00 bits per heavy atom. The Balaban J connectivity index is 2.28.